The van der Waals surface area contributed by atoms with E-state index in [1.54, 1.807) is 30.3 Å². The maximum atomic E-state index is 12.2. The minimum Gasteiger partial charge on any atom is -0.347 e. The van der Waals surface area contributed by atoms with Gasteiger partial charge < -0.3 is 5.32 Å². The predicted molar refractivity (Wildman–Crippen MR) is 94.7 cm³/mol. The van der Waals surface area contributed by atoms with Gasteiger partial charge in [-0.1, -0.05) is 29.8 Å². The second-order valence-corrected chi connectivity index (χ2v) is 7.26. The average molecular weight is 362 g/mol. The molecule has 0 bridgehead atoms. The summed E-state index contributed by atoms with van der Waals surface area (Å²) in [6.45, 7) is 0.368. The molecule has 1 aromatic carbocycles. The van der Waals surface area contributed by atoms with Gasteiger partial charge in [0, 0.05) is 4.88 Å². The monoisotopic (exact) mass is 361 g/mol. The Hall–Kier alpha value is -1.95. The molecule has 6 heteroatoms. The van der Waals surface area contributed by atoms with Crippen molar-refractivity contribution in [3.63, 3.8) is 0 Å². The van der Waals surface area contributed by atoms with Crippen molar-refractivity contribution in [2.24, 2.45) is 0 Å². The number of amides is 1. The van der Waals surface area contributed by atoms with Gasteiger partial charge >= 0.3 is 0 Å². The molecular weight excluding hydrogens is 350 g/mol. The topological polar surface area (TPSA) is 46.2 Å². The number of rotatable bonds is 5. The number of benzene rings is 1. The molecule has 0 aliphatic carbocycles. The molecule has 0 spiro atoms. The zero-order chi connectivity index (χ0) is 16.2. The largest absolute Gasteiger partial charge is 0.347 e. The molecule has 23 heavy (non-hydrogen) atoms. The van der Waals surface area contributed by atoms with Crippen molar-refractivity contribution in [1.29, 1.82) is 0 Å². The highest BCUT2D eigenvalue weighted by atomic mass is 35.5. The van der Waals surface area contributed by atoms with E-state index >= 15 is 0 Å². The summed E-state index contributed by atoms with van der Waals surface area (Å²) in [5, 5.41) is 5.12. The lowest BCUT2D eigenvalue weighted by molar-refractivity contribution is 0.0951. The van der Waals surface area contributed by atoms with Crippen molar-refractivity contribution < 1.29 is 9.59 Å². The Bertz CT molecular complexity index is 840. The highest BCUT2D eigenvalue weighted by Crippen LogP contribution is 2.22. The van der Waals surface area contributed by atoms with Crippen LogP contribution in [0.4, 0.5) is 0 Å². The normalized spacial score (nSPS) is 10.5. The van der Waals surface area contributed by atoms with Gasteiger partial charge in [-0.3, -0.25) is 9.59 Å². The summed E-state index contributed by atoms with van der Waals surface area (Å²) in [7, 11) is 0. The number of hydrogen-bond acceptors (Lipinski definition) is 4. The van der Waals surface area contributed by atoms with Gasteiger partial charge in [-0.25, -0.2) is 0 Å². The number of thiophene rings is 2. The van der Waals surface area contributed by atoms with Crippen LogP contribution in [0.1, 0.15) is 29.8 Å². The van der Waals surface area contributed by atoms with Crippen LogP contribution in [0.15, 0.2) is 53.9 Å². The summed E-state index contributed by atoms with van der Waals surface area (Å²) in [5.74, 6) is -0.205. The quantitative estimate of drug-likeness (QED) is 0.674. The van der Waals surface area contributed by atoms with Crippen LogP contribution in [0.3, 0.4) is 0 Å². The first-order valence-corrected chi connectivity index (χ1v) is 8.92. The van der Waals surface area contributed by atoms with Crippen molar-refractivity contribution in [1.82, 2.24) is 5.32 Å². The summed E-state index contributed by atoms with van der Waals surface area (Å²) in [4.78, 5) is 26.7. The second kappa shape index (κ2) is 7.08. The lowest BCUT2D eigenvalue weighted by Crippen LogP contribution is -2.22. The highest BCUT2D eigenvalue weighted by molar-refractivity contribution is 7.16. The van der Waals surface area contributed by atoms with Crippen molar-refractivity contribution in [3.8, 4) is 0 Å². The van der Waals surface area contributed by atoms with E-state index in [1.807, 2.05) is 23.6 Å². The summed E-state index contributed by atoms with van der Waals surface area (Å²) in [5.41, 5.74) is 0.445. The van der Waals surface area contributed by atoms with Gasteiger partial charge in [-0.05, 0) is 35.7 Å². The number of hydrogen-bond donors (Lipinski definition) is 1. The Morgan fingerprint density at radius 1 is 1.00 bits per heavy atom. The number of carbonyl (C=O) groups excluding carboxylic acids is 2. The predicted octanol–water partition coefficient (Wildman–Crippen LogP) is 4.62. The number of nitrogens with one attached hydrogen (secondary N) is 1. The minimum atomic E-state index is -0.227. The maximum Gasteiger partial charge on any atom is 0.253 e. The first kappa shape index (κ1) is 15.9. The number of halogens is 1. The van der Waals surface area contributed by atoms with Gasteiger partial charge in [0.15, 0.2) is 0 Å². The summed E-state index contributed by atoms with van der Waals surface area (Å²) >= 11 is 8.82. The highest BCUT2D eigenvalue weighted by Gasteiger charge is 2.14. The molecule has 0 unspecified atom stereocenters. The molecular formula is C17H12ClNO2S2. The van der Waals surface area contributed by atoms with Gasteiger partial charge in [0.05, 0.1) is 26.9 Å². The van der Waals surface area contributed by atoms with Gasteiger partial charge in [-0.15, -0.1) is 22.7 Å². The fraction of sp³-hybridized carbons (Fsp3) is 0.0588. The fourth-order valence-corrected chi connectivity index (χ4v) is 3.90. The molecule has 0 saturated heterocycles. The van der Waals surface area contributed by atoms with Crippen LogP contribution in [-0.2, 0) is 6.54 Å². The van der Waals surface area contributed by atoms with Gasteiger partial charge in [0.1, 0.15) is 0 Å². The Balaban J connectivity index is 1.65. The molecule has 1 N–H and O–H groups in total. The van der Waals surface area contributed by atoms with Gasteiger partial charge in [0.2, 0.25) is 5.78 Å². The van der Waals surface area contributed by atoms with Gasteiger partial charge in [-0.2, -0.15) is 0 Å². The Morgan fingerprint density at radius 2 is 1.83 bits per heavy atom. The van der Waals surface area contributed by atoms with Crippen LogP contribution in [-0.4, -0.2) is 11.7 Å². The van der Waals surface area contributed by atoms with E-state index in [0.717, 1.165) is 9.75 Å². The van der Waals surface area contributed by atoms with Crippen LogP contribution in [0.5, 0.6) is 0 Å². The molecule has 0 aliphatic rings. The van der Waals surface area contributed by atoms with E-state index in [1.165, 1.54) is 22.7 Å². The minimum absolute atomic E-state index is 0.0219. The molecule has 0 atom stereocenters. The van der Waals surface area contributed by atoms with Crippen molar-refractivity contribution in [2.75, 3.05) is 0 Å². The number of carbonyl (C=O) groups is 2. The second-order valence-electron chi connectivity index (χ2n) is 4.73. The van der Waals surface area contributed by atoms with E-state index in [0.29, 0.717) is 22.0 Å². The molecule has 1 amide bonds. The maximum absolute atomic E-state index is 12.2. The molecule has 116 valence electrons. The lowest BCUT2D eigenvalue weighted by Gasteiger charge is -2.05. The molecule has 0 fully saturated rings. The smallest absolute Gasteiger partial charge is 0.253 e. The molecule has 3 rings (SSSR count). The van der Waals surface area contributed by atoms with E-state index in [4.69, 9.17) is 11.6 Å². The van der Waals surface area contributed by atoms with Gasteiger partial charge in [0.25, 0.3) is 5.91 Å². The fourth-order valence-electron chi connectivity index (χ4n) is 2.03. The molecule has 3 nitrogen and oxygen atoms in total. The number of ketones is 1. The van der Waals surface area contributed by atoms with Crippen LogP contribution in [0.25, 0.3) is 0 Å². The molecule has 2 heterocycles. The average Bonchev–Trinajstić information content (AvgIpc) is 3.24. The van der Waals surface area contributed by atoms with Crippen molar-refractivity contribution in [3.05, 3.63) is 79.1 Å². The molecule has 2 aromatic heterocycles. The zero-order valence-corrected chi connectivity index (χ0v) is 14.3. The van der Waals surface area contributed by atoms with Crippen molar-refractivity contribution in [2.45, 2.75) is 6.54 Å². The SMILES string of the molecule is O=C(c1cccs1)c1ccc(CNC(=O)c2ccccc2Cl)s1. The molecule has 0 radical (unpaired) electrons. The standard InChI is InChI=1S/C17H12ClNO2S2/c18-13-5-2-1-4-12(13)17(21)19-10-11-7-8-15(23-11)16(20)14-6-3-9-22-14/h1-9H,10H2,(H,19,21). The van der Waals surface area contributed by atoms with Crippen LogP contribution < -0.4 is 5.32 Å². The third kappa shape index (κ3) is 3.69. The van der Waals surface area contributed by atoms with Crippen LogP contribution in [0.2, 0.25) is 5.02 Å². The third-order valence-electron chi connectivity index (χ3n) is 3.17. The van der Waals surface area contributed by atoms with Crippen molar-refractivity contribution >= 4 is 46.0 Å². The lowest BCUT2D eigenvalue weighted by atomic mass is 10.2. The molecule has 3 aromatic rings. The molecule has 0 aliphatic heterocycles. The molecule has 0 saturated carbocycles. The first-order valence-electron chi connectivity index (χ1n) is 6.85. The van der Waals surface area contributed by atoms with E-state index < -0.39 is 0 Å². The van der Waals surface area contributed by atoms with Crippen LogP contribution >= 0.6 is 34.3 Å². The zero-order valence-electron chi connectivity index (χ0n) is 11.9. The van der Waals surface area contributed by atoms with E-state index in [2.05, 4.69) is 5.32 Å². The summed E-state index contributed by atoms with van der Waals surface area (Å²) in [6, 6.07) is 14.2. The Labute approximate surface area is 146 Å². The first-order chi connectivity index (χ1) is 11.1. The third-order valence-corrected chi connectivity index (χ3v) is 5.45. The van der Waals surface area contributed by atoms with E-state index in [9.17, 15) is 9.59 Å². The summed E-state index contributed by atoms with van der Waals surface area (Å²) < 4.78 is 0. The van der Waals surface area contributed by atoms with E-state index in [-0.39, 0.29) is 11.7 Å². The Morgan fingerprint density at radius 3 is 2.57 bits per heavy atom. The Kier molecular flexibility index (Phi) is 4.91. The van der Waals surface area contributed by atoms with Crippen LogP contribution in [0, 0.1) is 0 Å². The summed E-state index contributed by atoms with van der Waals surface area (Å²) in [6.07, 6.45) is 0.